The quantitative estimate of drug-likeness (QED) is 0.535. The monoisotopic (exact) mass is 347 g/mol. The van der Waals surface area contributed by atoms with Gasteiger partial charge in [0.1, 0.15) is 13.2 Å². The van der Waals surface area contributed by atoms with Gasteiger partial charge < -0.3 is 14.8 Å². The molecule has 0 radical (unpaired) electrons. The number of benzene rings is 3. The molecule has 3 nitrogen and oxygen atoms in total. The van der Waals surface area contributed by atoms with Gasteiger partial charge >= 0.3 is 0 Å². The molecule has 1 aliphatic rings. The molecule has 5 rings (SSSR count). The zero-order valence-corrected chi connectivity index (χ0v) is 14.4. The van der Waals surface area contributed by atoms with Gasteiger partial charge in [-0.2, -0.15) is 0 Å². The third kappa shape index (κ3) is 2.68. The van der Waals surface area contributed by atoms with Crippen LogP contribution in [0.1, 0.15) is 5.56 Å². The molecule has 0 unspecified atom stereocenters. The fourth-order valence-corrected chi connectivity index (χ4v) is 4.32. The molecule has 0 atom stereocenters. The van der Waals surface area contributed by atoms with Gasteiger partial charge in [-0.3, -0.25) is 0 Å². The average Bonchev–Trinajstić information content (AvgIpc) is 3.04. The second-order valence-corrected chi connectivity index (χ2v) is 7.22. The molecular weight excluding hydrogens is 330 g/mol. The Morgan fingerprint density at radius 3 is 2.60 bits per heavy atom. The summed E-state index contributed by atoms with van der Waals surface area (Å²) in [7, 11) is 0. The minimum atomic E-state index is 0.617. The normalized spacial score (nSPS) is 13.3. The maximum atomic E-state index is 5.66. The van der Waals surface area contributed by atoms with Crippen molar-refractivity contribution < 1.29 is 9.47 Å². The first kappa shape index (κ1) is 14.6. The van der Waals surface area contributed by atoms with Gasteiger partial charge in [-0.25, -0.2) is 0 Å². The van der Waals surface area contributed by atoms with Gasteiger partial charge in [-0.1, -0.05) is 24.3 Å². The summed E-state index contributed by atoms with van der Waals surface area (Å²) in [6, 6.07) is 21.3. The summed E-state index contributed by atoms with van der Waals surface area (Å²) in [5.74, 6) is 1.67. The molecule has 3 aromatic carbocycles. The molecule has 2 heterocycles. The Labute approximate surface area is 149 Å². The Morgan fingerprint density at radius 2 is 1.64 bits per heavy atom. The van der Waals surface area contributed by atoms with Crippen molar-refractivity contribution >= 4 is 37.2 Å². The van der Waals surface area contributed by atoms with Crippen LogP contribution >= 0.6 is 11.3 Å². The lowest BCUT2D eigenvalue weighted by atomic mass is 10.1. The molecule has 1 N–H and O–H groups in total. The second-order valence-electron chi connectivity index (χ2n) is 6.14. The van der Waals surface area contributed by atoms with E-state index in [1.54, 1.807) is 0 Å². The fraction of sp³-hybridized carbons (Fsp3) is 0.143. The highest BCUT2D eigenvalue weighted by molar-refractivity contribution is 7.25. The SMILES string of the molecule is c1ccc2c(c1)sc1ccc(NCc3ccc4c(c3)OCCO4)cc12. The van der Waals surface area contributed by atoms with E-state index >= 15 is 0 Å². The average molecular weight is 347 g/mol. The second kappa shape index (κ2) is 5.97. The van der Waals surface area contributed by atoms with Crippen LogP contribution in [-0.4, -0.2) is 13.2 Å². The van der Waals surface area contributed by atoms with Crippen LogP contribution < -0.4 is 14.8 Å². The van der Waals surface area contributed by atoms with Crippen molar-refractivity contribution in [3.05, 3.63) is 66.2 Å². The van der Waals surface area contributed by atoms with Crippen molar-refractivity contribution in [2.75, 3.05) is 18.5 Å². The topological polar surface area (TPSA) is 30.5 Å². The number of anilines is 1. The summed E-state index contributed by atoms with van der Waals surface area (Å²) in [4.78, 5) is 0. The van der Waals surface area contributed by atoms with Crippen LogP contribution in [0.4, 0.5) is 5.69 Å². The van der Waals surface area contributed by atoms with Crippen molar-refractivity contribution in [3.63, 3.8) is 0 Å². The fourth-order valence-electron chi connectivity index (χ4n) is 3.24. The number of rotatable bonds is 3. The number of hydrogen-bond acceptors (Lipinski definition) is 4. The summed E-state index contributed by atoms with van der Waals surface area (Å²) < 4.78 is 13.9. The highest BCUT2D eigenvalue weighted by Gasteiger charge is 2.11. The van der Waals surface area contributed by atoms with Gasteiger partial charge in [0.05, 0.1) is 0 Å². The van der Waals surface area contributed by atoms with Crippen molar-refractivity contribution in [1.29, 1.82) is 0 Å². The lowest BCUT2D eigenvalue weighted by Gasteiger charge is -2.19. The number of hydrogen-bond donors (Lipinski definition) is 1. The molecule has 0 amide bonds. The van der Waals surface area contributed by atoms with Gasteiger partial charge in [0.25, 0.3) is 0 Å². The van der Waals surface area contributed by atoms with Gasteiger partial charge in [-0.05, 0) is 42.0 Å². The predicted molar refractivity (Wildman–Crippen MR) is 104 cm³/mol. The molecule has 0 bridgehead atoms. The molecule has 0 fully saturated rings. The lowest BCUT2D eigenvalue weighted by molar-refractivity contribution is 0.171. The molecule has 1 aromatic heterocycles. The summed E-state index contributed by atoms with van der Waals surface area (Å²) in [5, 5.41) is 6.16. The van der Waals surface area contributed by atoms with Crippen LogP contribution in [0.3, 0.4) is 0 Å². The van der Waals surface area contributed by atoms with E-state index in [0.717, 1.165) is 23.7 Å². The van der Waals surface area contributed by atoms with Crippen LogP contribution in [-0.2, 0) is 6.54 Å². The Morgan fingerprint density at radius 1 is 0.800 bits per heavy atom. The van der Waals surface area contributed by atoms with E-state index in [1.165, 1.54) is 25.7 Å². The third-order valence-corrected chi connectivity index (χ3v) is 5.63. The summed E-state index contributed by atoms with van der Waals surface area (Å²) in [5.41, 5.74) is 2.31. The van der Waals surface area contributed by atoms with E-state index in [0.29, 0.717) is 13.2 Å². The molecule has 4 heteroatoms. The van der Waals surface area contributed by atoms with E-state index in [2.05, 4.69) is 59.9 Å². The molecule has 124 valence electrons. The largest absolute Gasteiger partial charge is 0.486 e. The maximum Gasteiger partial charge on any atom is 0.161 e. The number of nitrogens with one attached hydrogen (secondary N) is 1. The standard InChI is InChI=1S/C21H17NO2S/c1-2-4-20-16(3-1)17-12-15(6-8-21(17)25-20)22-13-14-5-7-18-19(11-14)24-10-9-23-18/h1-8,11-12,22H,9-10,13H2. The van der Waals surface area contributed by atoms with Crippen LogP contribution in [0, 0.1) is 0 Å². The van der Waals surface area contributed by atoms with Gasteiger partial charge in [0.15, 0.2) is 11.5 Å². The Balaban J connectivity index is 1.41. The van der Waals surface area contributed by atoms with E-state index in [9.17, 15) is 0 Å². The summed E-state index contributed by atoms with van der Waals surface area (Å²) in [6.07, 6.45) is 0. The number of thiophene rings is 1. The first-order valence-electron chi connectivity index (χ1n) is 8.40. The summed E-state index contributed by atoms with van der Waals surface area (Å²) in [6.45, 7) is 2.00. The smallest absolute Gasteiger partial charge is 0.161 e. The number of fused-ring (bicyclic) bond motifs is 4. The Kier molecular flexibility index (Phi) is 3.49. The van der Waals surface area contributed by atoms with Crippen molar-refractivity contribution in [2.45, 2.75) is 6.54 Å². The number of ether oxygens (including phenoxy) is 2. The third-order valence-electron chi connectivity index (χ3n) is 4.48. The highest BCUT2D eigenvalue weighted by atomic mass is 32.1. The zero-order valence-electron chi connectivity index (χ0n) is 13.6. The lowest BCUT2D eigenvalue weighted by Crippen LogP contribution is -2.15. The first-order chi connectivity index (χ1) is 12.4. The highest BCUT2D eigenvalue weighted by Crippen LogP contribution is 2.35. The maximum absolute atomic E-state index is 5.66. The molecule has 4 aromatic rings. The van der Waals surface area contributed by atoms with Crippen LogP contribution in [0.5, 0.6) is 11.5 Å². The Hall–Kier alpha value is -2.72. The van der Waals surface area contributed by atoms with E-state index in [4.69, 9.17) is 9.47 Å². The van der Waals surface area contributed by atoms with Crippen LogP contribution in [0.25, 0.3) is 20.2 Å². The molecular formula is C21H17NO2S. The first-order valence-corrected chi connectivity index (χ1v) is 9.22. The van der Waals surface area contributed by atoms with Crippen molar-refractivity contribution in [1.82, 2.24) is 0 Å². The van der Waals surface area contributed by atoms with Crippen molar-refractivity contribution in [3.8, 4) is 11.5 Å². The van der Waals surface area contributed by atoms with Gasteiger partial charge in [0, 0.05) is 32.4 Å². The predicted octanol–water partition coefficient (Wildman–Crippen LogP) is 5.44. The summed E-state index contributed by atoms with van der Waals surface area (Å²) >= 11 is 1.84. The van der Waals surface area contributed by atoms with Crippen LogP contribution in [0.15, 0.2) is 60.7 Å². The minimum absolute atomic E-state index is 0.617. The Bertz CT molecular complexity index is 1070. The van der Waals surface area contributed by atoms with Crippen LogP contribution in [0.2, 0.25) is 0 Å². The van der Waals surface area contributed by atoms with Gasteiger partial charge in [0.2, 0.25) is 0 Å². The minimum Gasteiger partial charge on any atom is -0.486 e. The van der Waals surface area contributed by atoms with E-state index in [-0.39, 0.29) is 0 Å². The van der Waals surface area contributed by atoms with Gasteiger partial charge in [-0.15, -0.1) is 11.3 Å². The molecule has 1 aliphatic heterocycles. The molecule has 0 saturated heterocycles. The molecule has 0 aliphatic carbocycles. The molecule has 0 spiro atoms. The van der Waals surface area contributed by atoms with Crippen molar-refractivity contribution in [2.24, 2.45) is 0 Å². The molecule has 0 saturated carbocycles. The van der Waals surface area contributed by atoms with E-state index < -0.39 is 0 Å². The van der Waals surface area contributed by atoms with E-state index in [1.807, 2.05) is 17.4 Å². The molecule has 25 heavy (non-hydrogen) atoms. The zero-order chi connectivity index (χ0) is 16.6.